The first-order chi connectivity index (χ1) is 11.2. The fourth-order valence-corrected chi connectivity index (χ4v) is 4.44. The monoisotopic (exact) mass is 347 g/mol. The zero-order valence-electron chi connectivity index (χ0n) is 14.2. The molecule has 1 saturated carbocycles. The number of nitrogens with zero attached hydrogens (tertiary/aromatic N) is 1. The van der Waals surface area contributed by atoms with Gasteiger partial charge in [-0.2, -0.15) is 5.10 Å². The van der Waals surface area contributed by atoms with E-state index in [1.807, 2.05) is 19.9 Å². The van der Waals surface area contributed by atoms with Crippen LogP contribution in [0.3, 0.4) is 0 Å². The normalized spacial score (nSPS) is 14.7. The number of aromatic amines is 1. The predicted molar refractivity (Wildman–Crippen MR) is 90.6 cm³/mol. The molecule has 2 N–H and O–H groups in total. The van der Waals surface area contributed by atoms with Crippen molar-refractivity contribution in [2.75, 3.05) is 0 Å². The van der Waals surface area contributed by atoms with E-state index in [4.69, 9.17) is 0 Å². The second-order valence-corrected chi connectivity index (χ2v) is 8.13. The van der Waals surface area contributed by atoms with Gasteiger partial charge in [0.05, 0.1) is 4.90 Å². The minimum Gasteiger partial charge on any atom is -0.281 e. The molecule has 1 aliphatic carbocycles. The summed E-state index contributed by atoms with van der Waals surface area (Å²) >= 11 is 0. The molecule has 0 aliphatic heterocycles. The first-order valence-corrected chi connectivity index (χ1v) is 9.39. The summed E-state index contributed by atoms with van der Waals surface area (Å²) in [5.41, 5.74) is 4.04. The van der Waals surface area contributed by atoms with E-state index in [-0.39, 0.29) is 10.6 Å². The fourth-order valence-electron chi connectivity index (χ4n) is 2.87. The van der Waals surface area contributed by atoms with Crippen LogP contribution in [0.15, 0.2) is 17.0 Å². The number of hydrogen-bond donors (Lipinski definition) is 2. The third-order valence-corrected chi connectivity index (χ3v) is 6.24. The molecule has 0 bridgehead atoms. The molecule has 3 rings (SSSR count). The summed E-state index contributed by atoms with van der Waals surface area (Å²) < 4.78 is 27.6. The lowest BCUT2D eigenvalue weighted by Crippen LogP contribution is -2.32. The van der Waals surface area contributed by atoms with Gasteiger partial charge in [-0.15, -0.1) is 0 Å². The van der Waals surface area contributed by atoms with Gasteiger partial charge in [-0.05, 0) is 68.9 Å². The largest absolute Gasteiger partial charge is 0.285 e. The van der Waals surface area contributed by atoms with Crippen LogP contribution in [0.1, 0.15) is 57.2 Å². The van der Waals surface area contributed by atoms with Crippen molar-refractivity contribution in [2.24, 2.45) is 0 Å². The van der Waals surface area contributed by atoms with Gasteiger partial charge in [-0.3, -0.25) is 9.89 Å². The Morgan fingerprint density at radius 2 is 1.71 bits per heavy atom. The van der Waals surface area contributed by atoms with Gasteiger partial charge in [0.1, 0.15) is 0 Å². The SMILES string of the molecule is Cc1cc(C)c(C)c(S(=O)(=O)NC(=O)c2cc(C3CC3)[nH]n2)c1C. The molecule has 1 heterocycles. The van der Waals surface area contributed by atoms with Gasteiger partial charge in [0.15, 0.2) is 5.69 Å². The zero-order chi connectivity index (χ0) is 17.6. The van der Waals surface area contributed by atoms with Crippen LogP contribution in [0.2, 0.25) is 0 Å². The number of H-pyrrole nitrogens is 1. The Bertz CT molecular complexity index is 899. The predicted octanol–water partition coefficient (Wildman–Crippen LogP) is 2.64. The van der Waals surface area contributed by atoms with Crippen LogP contribution in [0.4, 0.5) is 0 Å². The molecule has 7 heteroatoms. The molecule has 1 aromatic carbocycles. The van der Waals surface area contributed by atoms with Crippen LogP contribution >= 0.6 is 0 Å². The molecule has 1 amide bonds. The second-order valence-electron chi connectivity index (χ2n) is 6.51. The van der Waals surface area contributed by atoms with Crippen LogP contribution in [-0.2, 0) is 10.0 Å². The Hall–Kier alpha value is -2.15. The Labute approximate surface area is 141 Å². The third-order valence-electron chi connectivity index (χ3n) is 4.64. The van der Waals surface area contributed by atoms with Crippen LogP contribution in [-0.4, -0.2) is 24.5 Å². The summed E-state index contributed by atoms with van der Waals surface area (Å²) in [6.45, 7) is 7.22. The van der Waals surface area contributed by atoms with E-state index in [0.717, 1.165) is 29.7 Å². The molecule has 1 aliphatic rings. The molecule has 6 nitrogen and oxygen atoms in total. The van der Waals surface area contributed by atoms with E-state index >= 15 is 0 Å². The van der Waals surface area contributed by atoms with Crippen LogP contribution < -0.4 is 4.72 Å². The Kier molecular flexibility index (Phi) is 3.99. The van der Waals surface area contributed by atoms with Crippen LogP contribution in [0.25, 0.3) is 0 Å². The standard InChI is InChI=1S/C17H21N3O3S/c1-9-7-10(2)12(4)16(11(9)3)24(22,23)20-17(21)15-8-14(18-19-15)13-5-6-13/h7-8,13H,5-6H2,1-4H3,(H,18,19)(H,20,21). The van der Waals surface area contributed by atoms with Gasteiger partial charge in [-0.1, -0.05) is 6.07 Å². The van der Waals surface area contributed by atoms with Gasteiger partial charge in [0.2, 0.25) is 0 Å². The highest BCUT2D eigenvalue weighted by Crippen LogP contribution is 2.39. The number of sulfonamides is 1. The van der Waals surface area contributed by atoms with Crippen molar-refractivity contribution in [1.82, 2.24) is 14.9 Å². The van der Waals surface area contributed by atoms with E-state index in [9.17, 15) is 13.2 Å². The lowest BCUT2D eigenvalue weighted by molar-refractivity contribution is 0.0976. The maximum absolute atomic E-state index is 12.7. The summed E-state index contributed by atoms with van der Waals surface area (Å²) in [6.07, 6.45) is 2.14. The summed E-state index contributed by atoms with van der Waals surface area (Å²) in [4.78, 5) is 12.5. The first-order valence-electron chi connectivity index (χ1n) is 7.90. The Morgan fingerprint density at radius 1 is 1.12 bits per heavy atom. The van der Waals surface area contributed by atoms with Crippen molar-refractivity contribution in [3.05, 3.63) is 45.8 Å². The van der Waals surface area contributed by atoms with E-state index < -0.39 is 15.9 Å². The van der Waals surface area contributed by atoms with Gasteiger partial charge >= 0.3 is 0 Å². The second kappa shape index (κ2) is 5.73. The summed E-state index contributed by atoms with van der Waals surface area (Å²) in [5.74, 6) is -0.296. The summed E-state index contributed by atoms with van der Waals surface area (Å²) in [6, 6.07) is 3.57. The third kappa shape index (κ3) is 2.96. The highest BCUT2D eigenvalue weighted by Gasteiger charge is 2.29. The zero-order valence-corrected chi connectivity index (χ0v) is 15.0. The lowest BCUT2D eigenvalue weighted by atomic mass is 10.0. The Morgan fingerprint density at radius 3 is 2.25 bits per heavy atom. The van der Waals surface area contributed by atoms with Crippen molar-refractivity contribution in [2.45, 2.75) is 51.3 Å². The van der Waals surface area contributed by atoms with Crippen molar-refractivity contribution < 1.29 is 13.2 Å². The minimum atomic E-state index is -3.96. The van der Waals surface area contributed by atoms with Crippen molar-refractivity contribution in [3.63, 3.8) is 0 Å². The van der Waals surface area contributed by atoms with Crippen LogP contribution in [0, 0.1) is 27.7 Å². The number of hydrogen-bond acceptors (Lipinski definition) is 4. The first kappa shape index (κ1) is 16.7. The maximum Gasteiger partial charge on any atom is 0.285 e. The topological polar surface area (TPSA) is 91.9 Å². The summed E-state index contributed by atoms with van der Waals surface area (Å²) in [7, 11) is -3.96. The number of carbonyl (C=O) groups is 1. The van der Waals surface area contributed by atoms with Crippen molar-refractivity contribution in [3.8, 4) is 0 Å². The number of nitrogens with one attached hydrogen (secondary N) is 2. The molecule has 1 aromatic heterocycles. The quantitative estimate of drug-likeness (QED) is 0.889. The molecule has 2 aromatic rings. The van der Waals surface area contributed by atoms with Gasteiger partial charge in [0.25, 0.3) is 15.9 Å². The number of aryl methyl sites for hydroxylation is 2. The average Bonchev–Trinajstić information content (AvgIpc) is 3.22. The molecule has 1 fully saturated rings. The molecule has 0 spiro atoms. The number of carbonyl (C=O) groups excluding carboxylic acids is 1. The average molecular weight is 347 g/mol. The number of aromatic nitrogens is 2. The molecule has 128 valence electrons. The van der Waals surface area contributed by atoms with E-state index in [0.29, 0.717) is 17.0 Å². The molecular weight excluding hydrogens is 326 g/mol. The van der Waals surface area contributed by atoms with Crippen molar-refractivity contribution >= 4 is 15.9 Å². The van der Waals surface area contributed by atoms with Gasteiger partial charge in [0, 0.05) is 11.6 Å². The highest BCUT2D eigenvalue weighted by molar-refractivity contribution is 7.90. The molecule has 24 heavy (non-hydrogen) atoms. The van der Waals surface area contributed by atoms with Gasteiger partial charge < -0.3 is 0 Å². The molecule has 0 atom stereocenters. The number of amides is 1. The number of benzene rings is 1. The fraction of sp³-hybridized carbons (Fsp3) is 0.412. The molecule has 0 saturated heterocycles. The smallest absolute Gasteiger partial charge is 0.281 e. The lowest BCUT2D eigenvalue weighted by Gasteiger charge is -2.15. The van der Waals surface area contributed by atoms with E-state index in [1.54, 1.807) is 19.9 Å². The number of rotatable bonds is 4. The minimum absolute atomic E-state index is 0.0974. The van der Waals surface area contributed by atoms with E-state index in [2.05, 4.69) is 14.9 Å². The highest BCUT2D eigenvalue weighted by atomic mass is 32.2. The Balaban J connectivity index is 1.92. The van der Waals surface area contributed by atoms with Gasteiger partial charge in [-0.25, -0.2) is 13.1 Å². The molecular formula is C17H21N3O3S. The van der Waals surface area contributed by atoms with Crippen LogP contribution in [0.5, 0.6) is 0 Å². The molecule has 0 radical (unpaired) electrons. The molecule has 0 unspecified atom stereocenters. The van der Waals surface area contributed by atoms with E-state index in [1.165, 1.54) is 0 Å². The summed E-state index contributed by atoms with van der Waals surface area (Å²) in [5, 5.41) is 6.74. The van der Waals surface area contributed by atoms with Crippen molar-refractivity contribution in [1.29, 1.82) is 0 Å². The maximum atomic E-state index is 12.7.